The molecule has 4 nitrogen and oxygen atoms in total. The average molecular weight is 247 g/mol. The van der Waals surface area contributed by atoms with E-state index in [-0.39, 0.29) is 12.2 Å². The van der Waals surface area contributed by atoms with Crippen LogP contribution in [-0.4, -0.2) is 23.2 Å². The molecule has 18 heavy (non-hydrogen) atoms. The van der Waals surface area contributed by atoms with Crippen LogP contribution in [0.15, 0.2) is 29.1 Å². The molecular weight excluding hydrogens is 228 g/mol. The first kappa shape index (κ1) is 12.8. The third-order valence-electron chi connectivity index (χ3n) is 3.01. The van der Waals surface area contributed by atoms with Gasteiger partial charge in [0.15, 0.2) is 0 Å². The molecule has 4 N–H and O–H groups in total. The second-order valence-electron chi connectivity index (χ2n) is 4.57. The summed E-state index contributed by atoms with van der Waals surface area (Å²) < 4.78 is 0. The van der Waals surface area contributed by atoms with Gasteiger partial charge in [0.1, 0.15) is 6.54 Å². The first-order valence-corrected chi connectivity index (χ1v) is 6.26. The van der Waals surface area contributed by atoms with Crippen LogP contribution < -0.4 is 10.9 Å². The molecule has 0 aliphatic rings. The van der Waals surface area contributed by atoms with Crippen molar-refractivity contribution in [2.75, 3.05) is 13.2 Å². The largest absolute Gasteiger partial charge is 0.396 e. The summed E-state index contributed by atoms with van der Waals surface area (Å²) in [6.07, 6.45) is 0.755. The maximum Gasteiger partial charge on any atom is 0.257 e. The Labute approximate surface area is 106 Å². The lowest BCUT2D eigenvalue weighted by atomic mass is 10.1. The summed E-state index contributed by atoms with van der Waals surface area (Å²) >= 11 is 0. The lowest BCUT2D eigenvalue weighted by molar-refractivity contribution is -0.671. The summed E-state index contributed by atoms with van der Waals surface area (Å²) in [7, 11) is 0. The van der Waals surface area contributed by atoms with Crippen LogP contribution in [0.2, 0.25) is 0 Å². The monoisotopic (exact) mass is 247 g/mol. The molecule has 1 aromatic carbocycles. The Morgan fingerprint density at radius 1 is 1.33 bits per heavy atom. The molecule has 0 bridgehead atoms. The van der Waals surface area contributed by atoms with Crippen molar-refractivity contribution in [2.24, 2.45) is 0 Å². The van der Waals surface area contributed by atoms with E-state index in [1.165, 1.54) is 5.56 Å². The van der Waals surface area contributed by atoms with Crippen molar-refractivity contribution in [1.29, 1.82) is 0 Å². The molecule has 0 atom stereocenters. The molecule has 0 radical (unpaired) electrons. The van der Waals surface area contributed by atoms with Gasteiger partial charge in [-0.1, -0.05) is 11.6 Å². The first-order valence-electron chi connectivity index (χ1n) is 6.26. The molecular formula is C14H19N2O2+. The molecule has 2 aromatic rings. The van der Waals surface area contributed by atoms with Crippen LogP contribution in [-0.2, 0) is 6.54 Å². The van der Waals surface area contributed by atoms with E-state index in [0.29, 0.717) is 6.54 Å². The zero-order valence-corrected chi connectivity index (χ0v) is 10.6. The van der Waals surface area contributed by atoms with Crippen molar-refractivity contribution in [3.8, 4) is 0 Å². The number of quaternary nitrogens is 1. The molecule has 1 heterocycles. The molecule has 0 unspecified atom stereocenters. The highest BCUT2D eigenvalue weighted by atomic mass is 16.3. The number of aromatic amines is 1. The third kappa shape index (κ3) is 2.97. The fraction of sp³-hybridized carbons (Fsp3) is 0.357. The van der Waals surface area contributed by atoms with Crippen molar-refractivity contribution in [1.82, 2.24) is 4.98 Å². The number of aliphatic hydroxyl groups excluding tert-OH is 1. The molecule has 4 heteroatoms. The Bertz CT molecular complexity index is 590. The van der Waals surface area contributed by atoms with Gasteiger partial charge in [-0.15, -0.1) is 0 Å². The van der Waals surface area contributed by atoms with Gasteiger partial charge in [-0.25, -0.2) is 0 Å². The van der Waals surface area contributed by atoms with E-state index >= 15 is 0 Å². The molecule has 2 rings (SSSR count). The predicted octanol–water partition coefficient (Wildman–Crippen LogP) is 0.282. The lowest BCUT2D eigenvalue weighted by Crippen LogP contribution is -2.83. The van der Waals surface area contributed by atoms with Gasteiger partial charge in [-0.05, 0) is 30.5 Å². The second-order valence-corrected chi connectivity index (χ2v) is 4.57. The van der Waals surface area contributed by atoms with Crippen LogP contribution in [0.5, 0.6) is 0 Å². The number of rotatable bonds is 5. The van der Waals surface area contributed by atoms with Crippen molar-refractivity contribution in [3.63, 3.8) is 0 Å². The molecule has 1 aromatic heterocycles. The number of hydrogen-bond donors (Lipinski definition) is 3. The Morgan fingerprint density at radius 2 is 2.17 bits per heavy atom. The van der Waals surface area contributed by atoms with Gasteiger partial charge in [0.25, 0.3) is 5.56 Å². The van der Waals surface area contributed by atoms with E-state index in [9.17, 15) is 4.79 Å². The third-order valence-corrected chi connectivity index (χ3v) is 3.01. The van der Waals surface area contributed by atoms with Crippen LogP contribution in [0.1, 0.15) is 17.5 Å². The number of aliphatic hydroxyl groups is 1. The van der Waals surface area contributed by atoms with Crippen LogP contribution in [0, 0.1) is 6.92 Å². The molecule has 0 amide bonds. The summed E-state index contributed by atoms with van der Waals surface area (Å²) in [6, 6.07) is 7.95. The summed E-state index contributed by atoms with van der Waals surface area (Å²) in [5.41, 5.74) is 2.83. The van der Waals surface area contributed by atoms with Gasteiger partial charge in [0.2, 0.25) is 0 Å². The quantitative estimate of drug-likeness (QED) is 0.664. The molecule has 0 saturated carbocycles. The number of H-pyrrole nitrogens is 1. The topological polar surface area (TPSA) is 69.7 Å². The fourth-order valence-corrected chi connectivity index (χ4v) is 2.02. The first-order chi connectivity index (χ1) is 8.70. The summed E-state index contributed by atoms with van der Waals surface area (Å²) in [5, 5.41) is 11.8. The SMILES string of the molecule is Cc1ccc2[nH]c(=O)c(C[NH2+]CCCO)cc2c1. The number of pyridine rings is 1. The van der Waals surface area contributed by atoms with Gasteiger partial charge in [-0.3, -0.25) is 4.79 Å². The minimum atomic E-state index is -0.0217. The van der Waals surface area contributed by atoms with Crippen LogP contribution in [0.3, 0.4) is 0 Å². The van der Waals surface area contributed by atoms with Crippen LogP contribution in [0.4, 0.5) is 0 Å². The van der Waals surface area contributed by atoms with Crippen molar-refractivity contribution in [2.45, 2.75) is 19.9 Å². The van der Waals surface area contributed by atoms with E-state index in [2.05, 4.69) is 11.1 Å². The number of aryl methyl sites for hydroxylation is 1. The molecule has 96 valence electrons. The normalized spacial score (nSPS) is 11.0. The Balaban J connectivity index is 2.22. The molecule has 0 aliphatic heterocycles. The number of nitrogens with two attached hydrogens (primary N) is 1. The number of aromatic nitrogens is 1. The van der Waals surface area contributed by atoms with Crippen LogP contribution in [0.25, 0.3) is 10.9 Å². The zero-order valence-electron chi connectivity index (χ0n) is 10.6. The highest BCUT2D eigenvalue weighted by molar-refractivity contribution is 5.79. The van der Waals surface area contributed by atoms with Gasteiger partial charge < -0.3 is 15.4 Å². The summed E-state index contributed by atoms with van der Waals surface area (Å²) in [5.74, 6) is 0. The lowest BCUT2D eigenvalue weighted by Gasteiger charge is -2.04. The summed E-state index contributed by atoms with van der Waals surface area (Å²) in [4.78, 5) is 14.8. The smallest absolute Gasteiger partial charge is 0.257 e. The van der Waals surface area contributed by atoms with Gasteiger partial charge in [0.05, 0.1) is 12.1 Å². The maximum atomic E-state index is 11.9. The standard InChI is InChI=1S/C14H18N2O2/c1-10-3-4-13-11(7-10)8-12(14(18)16-13)9-15-5-2-6-17/h3-4,7-8,15,17H,2,5-6,9H2,1H3,(H,16,18)/p+1. The molecule has 0 aliphatic carbocycles. The van der Waals surface area contributed by atoms with E-state index in [4.69, 9.17) is 5.11 Å². The Kier molecular flexibility index (Phi) is 4.12. The van der Waals surface area contributed by atoms with Crippen molar-refractivity contribution < 1.29 is 10.4 Å². The average Bonchev–Trinajstić information content (AvgIpc) is 2.35. The van der Waals surface area contributed by atoms with Crippen molar-refractivity contribution >= 4 is 10.9 Å². The minimum absolute atomic E-state index is 0.0217. The van der Waals surface area contributed by atoms with E-state index < -0.39 is 0 Å². The highest BCUT2D eigenvalue weighted by Crippen LogP contribution is 2.12. The minimum Gasteiger partial charge on any atom is -0.396 e. The van der Waals surface area contributed by atoms with Gasteiger partial charge in [0, 0.05) is 18.5 Å². The molecule has 0 fully saturated rings. The number of benzene rings is 1. The number of nitrogens with one attached hydrogen (secondary N) is 1. The highest BCUT2D eigenvalue weighted by Gasteiger charge is 2.04. The van der Waals surface area contributed by atoms with Gasteiger partial charge in [-0.2, -0.15) is 0 Å². The molecule has 0 spiro atoms. The molecule has 0 saturated heterocycles. The Morgan fingerprint density at radius 3 is 2.94 bits per heavy atom. The zero-order chi connectivity index (χ0) is 13.0. The second kappa shape index (κ2) is 5.80. The number of fused-ring (bicyclic) bond motifs is 1. The summed E-state index contributed by atoms with van der Waals surface area (Å²) in [6.45, 7) is 3.72. The van der Waals surface area contributed by atoms with E-state index in [1.807, 2.05) is 30.4 Å². The Hall–Kier alpha value is -1.65. The predicted molar refractivity (Wildman–Crippen MR) is 71.5 cm³/mol. The fourth-order valence-electron chi connectivity index (χ4n) is 2.02. The number of hydrogen-bond acceptors (Lipinski definition) is 2. The van der Waals surface area contributed by atoms with Crippen molar-refractivity contribution in [3.05, 3.63) is 45.7 Å². The van der Waals surface area contributed by atoms with Crippen LogP contribution >= 0.6 is 0 Å². The van der Waals surface area contributed by atoms with E-state index in [0.717, 1.165) is 29.4 Å². The maximum absolute atomic E-state index is 11.9. The van der Waals surface area contributed by atoms with E-state index in [1.54, 1.807) is 0 Å². The van der Waals surface area contributed by atoms with Gasteiger partial charge >= 0.3 is 0 Å².